The summed E-state index contributed by atoms with van der Waals surface area (Å²) in [5.74, 6) is 0.263. The number of nitrogens with one attached hydrogen (secondary N) is 1. The predicted octanol–water partition coefficient (Wildman–Crippen LogP) is 4.65. The van der Waals surface area contributed by atoms with Gasteiger partial charge in [-0.25, -0.2) is 0 Å². The van der Waals surface area contributed by atoms with Gasteiger partial charge in [-0.05, 0) is 48.3 Å². The molecule has 28 heavy (non-hydrogen) atoms. The standard InChI is InChI=1S/C22H28N2O3S/c1-5-22(2,3)13-10-11-15-17(12-13)28-21(18(15)19(23)25)24-20(26)14-8-6-7-9-16(14)27-4/h6-9,13H,5,10-12H2,1-4H3,(H2,23,25)(H,24,26)/t13-/m0/s1. The monoisotopic (exact) mass is 400 g/mol. The second-order valence-corrected chi connectivity index (χ2v) is 9.11. The molecule has 5 nitrogen and oxygen atoms in total. The van der Waals surface area contributed by atoms with Gasteiger partial charge in [0.15, 0.2) is 0 Å². The zero-order valence-electron chi connectivity index (χ0n) is 16.9. The summed E-state index contributed by atoms with van der Waals surface area (Å²) in [7, 11) is 1.53. The van der Waals surface area contributed by atoms with E-state index in [9.17, 15) is 9.59 Å². The van der Waals surface area contributed by atoms with E-state index in [0.29, 0.717) is 27.8 Å². The van der Waals surface area contributed by atoms with Gasteiger partial charge in [-0.2, -0.15) is 0 Å². The number of hydrogen-bond acceptors (Lipinski definition) is 4. The molecule has 0 unspecified atom stereocenters. The van der Waals surface area contributed by atoms with Crippen LogP contribution in [0.4, 0.5) is 5.00 Å². The summed E-state index contributed by atoms with van der Waals surface area (Å²) < 4.78 is 5.28. The van der Waals surface area contributed by atoms with Crippen molar-refractivity contribution in [2.45, 2.75) is 46.5 Å². The Hall–Kier alpha value is -2.34. The minimum atomic E-state index is -0.485. The first-order valence-corrected chi connectivity index (χ1v) is 10.5. The van der Waals surface area contributed by atoms with Crippen molar-refractivity contribution in [2.75, 3.05) is 12.4 Å². The zero-order chi connectivity index (χ0) is 20.5. The summed E-state index contributed by atoms with van der Waals surface area (Å²) in [4.78, 5) is 26.2. The maximum Gasteiger partial charge on any atom is 0.260 e. The van der Waals surface area contributed by atoms with Crippen LogP contribution in [0.2, 0.25) is 0 Å². The predicted molar refractivity (Wildman–Crippen MR) is 113 cm³/mol. The first-order chi connectivity index (χ1) is 13.3. The highest BCUT2D eigenvalue weighted by molar-refractivity contribution is 7.17. The van der Waals surface area contributed by atoms with Crippen molar-refractivity contribution in [3.63, 3.8) is 0 Å². The number of carbonyl (C=O) groups excluding carboxylic acids is 2. The third-order valence-corrected chi connectivity index (χ3v) is 7.28. The van der Waals surface area contributed by atoms with Crippen molar-refractivity contribution in [1.29, 1.82) is 0 Å². The van der Waals surface area contributed by atoms with E-state index < -0.39 is 5.91 Å². The minimum absolute atomic E-state index is 0.245. The van der Waals surface area contributed by atoms with E-state index in [1.807, 2.05) is 6.07 Å². The molecule has 0 spiro atoms. The van der Waals surface area contributed by atoms with Gasteiger partial charge in [-0.3, -0.25) is 9.59 Å². The van der Waals surface area contributed by atoms with E-state index in [1.54, 1.807) is 18.2 Å². The van der Waals surface area contributed by atoms with Crippen molar-refractivity contribution < 1.29 is 14.3 Å². The maximum atomic E-state index is 12.8. The second kappa shape index (κ2) is 7.95. The molecular weight excluding hydrogens is 372 g/mol. The third-order valence-electron chi connectivity index (χ3n) is 6.11. The number of hydrogen-bond donors (Lipinski definition) is 2. The largest absolute Gasteiger partial charge is 0.496 e. The van der Waals surface area contributed by atoms with Crippen molar-refractivity contribution in [3.8, 4) is 5.75 Å². The van der Waals surface area contributed by atoms with Gasteiger partial charge < -0.3 is 15.8 Å². The highest BCUT2D eigenvalue weighted by Crippen LogP contribution is 2.45. The van der Waals surface area contributed by atoms with Crippen LogP contribution < -0.4 is 15.8 Å². The summed E-state index contributed by atoms with van der Waals surface area (Å²) in [5, 5.41) is 3.45. The van der Waals surface area contributed by atoms with Crippen molar-refractivity contribution >= 4 is 28.2 Å². The van der Waals surface area contributed by atoms with Crippen molar-refractivity contribution in [2.24, 2.45) is 17.1 Å². The molecule has 1 atom stereocenters. The number of methoxy groups -OCH3 is 1. The van der Waals surface area contributed by atoms with Gasteiger partial charge in [-0.1, -0.05) is 39.3 Å². The van der Waals surface area contributed by atoms with Crippen LogP contribution in [0.5, 0.6) is 5.75 Å². The number of para-hydroxylation sites is 1. The molecule has 150 valence electrons. The quantitative estimate of drug-likeness (QED) is 0.740. The van der Waals surface area contributed by atoms with Crippen LogP contribution in [-0.2, 0) is 12.8 Å². The number of anilines is 1. The fourth-order valence-electron chi connectivity index (χ4n) is 3.89. The second-order valence-electron chi connectivity index (χ2n) is 8.01. The van der Waals surface area contributed by atoms with Crippen LogP contribution in [0.25, 0.3) is 0 Å². The lowest BCUT2D eigenvalue weighted by molar-refractivity contribution is 0.0999. The van der Waals surface area contributed by atoms with Crippen molar-refractivity contribution in [1.82, 2.24) is 0 Å². The topological polar surface area (TPSA) is 81.4 Å². The zero-order valence-corrected chi connectivity index (χ0v) is 17.7. The Morgan fingerprint density at radius 3 is 2.68 bits per heavy atom. The van der Waals surface area contributed by atoms with Crippen LogP contribution in [0.1, 0.15) is 64.8 Å². The molecule has 6 heteroatoms. The molecule has 1 aromatic heterocycles. The van der Waals surface area contributed by atoms with E-state index in [2.05, 4.69) is 26.1 Å². The van der Waals surface area contributed by atoms with Gasteiger partial charge in [0.1, 0.15) is 10.8 Å². The summed E-state index contributed by atoms with van der Waals surface area (Å²) in [5.41, 5.74) is 7.84. The lowest BCUT2D eigenvalue weighted by atomic mass is 9.69. The molecular formula is C22H28N2O3S. The molecule has 3 rings (SSSR count). The molecule has 0 saturated heterocycles. The van der Waals surface area contributed by atoms with Crippen LogP contribution in [0.15, 0.2) is 24.3 Å². The molecule has 1 aromatic carbocycles. The van der Waals surface area contributed by atoms with E-state index >= 15 is 0 Å². The Kier molecular flexibility index (Phi) is 5.79. The van der Waals surface area contributed by atoms with Gasteiger partial charge in [0.05, 0.1) is 18.2 Å². The van der Waals surface area contributed by atoms with Gasteiger partial charge >= 0.3 is 0 Å². The maximum absolute atomic E-state index is 12.8. The molecule has 0 radical (unpaired) electrons. The highest BCUT2D eigenvalue weighted by Gasteiger charge is 2.35. The van der Waals surface area contributed by atoms with E-state index in [1.165, 1.54) is 23.3 Å². The van der Waals surface area contributed by atoms with Gasteiger partial charge in [-0.15, -0.1) is 11.3 Å². The Morgan fingerprint density at radius 1 is 1.32 bits per heavy atom. The lowest BCUT2D eigenvalue weighted by Crippen LogP contribution is -2.29. The Bertz CT molecular complexity index is 901. The molecule has 2 amide bonds. The highest BCUT2D eigenvalue weighted by atomic mass is 32.1. The number of amides is 2. The van der Waals surface area contributed by atoms with Gasteiger partial charge in [0, 0.05) is 4.88 Å². The summed E-state index contributed by atoms with van der Waals surface area (Å²) >= 11 is 1.48. The van der Waals surface area contributed by atoms with Gasteiger partial charge in [0.25, 0.3) is 11.8 Å². The number of carbonyl (C=O) groups is 2. The average Bonchev–Trinajstić information content (AvgIpc) is 3.04. The number of ether oxygens (including phenoxy) is 1. The Morgan fingerprint density at radius 2 is 2.04 bits per heavy atom. The molecule has 0 aliphatic heterocycles. The molecule has 1 aliphatic carbocycles. The average molecular weight is 401 g/mol. The molecule has 0 fully saturated rings. The summed E-state index contributed by atoms with van der Waals surface area (Å²) in [6.45, 7) is 6.82. The molecule has 2 aromatic rings. The van der Waals surface area contributed by atoms with Crippen LogP contribution in [0, 0.1) is 11.3 Å². The molecule has 3 N–H and O–H groups in total. The molecule has 1 heterocycles. The SMILES string of the molecule is CCC(C)(C)[C@H]1CCc2c(sc(NC(=O)c3ccccc3OC)c2C(N)=O)C1. The first kappa shape index (κ1) is 20.4. The van der Waals surface area contributed by atoms with Crippen LogP contribution in [-0.4, -0.2) is 18.9 Å². The normalized spacial score (nSPS) is 16.4. The lowest BCUT2D eigenvalue weighted by Gasteiger charge is -2.36. The molecule has 1 aliphatic rings. The fraction of sp³-hybridized carbons (Fsp3) is 0.455. The first-order valence-electron chi connectivity index (χ1n) is 9.67. The number of primary amides is 1. The third kappa shape index (κ3) is 3.78. The smallest absolute Gasteiger partial charge is 0.260 e. The molecule has 0 saturated carbocycles. The number of benzene rings is 1. The fourth-order valence-corrected chi connectivity index (χ4v) is 5.22. The van der Waals surface area contributed by atoms with Crippen molar-refractivity contribution in [3.05, 3.63) is 45.8 Å². The Labute approximate surface area is 170 Å². The summed E-state index contributed by atoms with van der Waals surface area (Å²) in [6, 6.07) is 7.03. The van der Waals surface area contributed by atoms with Gasteiger partial charge in [0.2, 0.25) is 0 Å². The van der Waals surface area contributed by atoms with E-state index in [4.69, 9.17) is 10.5 Å². The summed E-state index contributed by atoms with van der Waals surface area (Å²) in [6.07, 6.45) is 3.89. The van der Waals surface area contributed by atoms with E-state index in [0.717, 1.165) is 31.2 Å². The number of nitrogens with two attached hydrogens (primary N) is 1. The number of fused-ring (bicyclic) bond motifs is 1. The minimum Gasteiger partial charge on any atom is -0.496 e. The van der Waals surface area contributed by atoms with Crippen LogP contribution in [0.3, 0.4) is 0 Å². The number of rotatable bonds is 6. The number of thiophene rings is 1. The Balaban J connectivity index is 1.93. The van der Waals surface area contributed by atoms with E-state index in [-0.39, 0.29) is 11.3 Å². The van der Waals surface area contributed by atoms with Crippen LogP contribution >= 0.6 is 11.3 Å². The molecule has 0 bridgehead atoms.